The third-order valence-corrected chi connectivity index (χ3v) is 2.36. The molecule has 0 spiro atoms. The predicted molar refractivity (Wildman–Crippen MR) is 60.9 cm³/mol. The van der Waals surface area contributed by atoms with Crippen molar-refractivity contribution in [3.8, 4) is 0 Å². The third kappa shape index (κ3) is 2.41. The fraction of sp³-hybridized carbons (Fsp3) is 0.636. The molecule has 0 saturated carbocycles. The van der Waals surface area contributed by atoms with Crippen LogP contribution >= 0.6 is 0 Å². The summed E-state index contributed by atoms with van der Waals surface area (Å²) in [5.41, 5.74) is 7.23. The fourth-order valence-electron chi connectivity index (χ4n) is 1.57. The zero-order valence-electron chi connectivity index (χ0n) is 10.4. The molecule has 0 aliphatic carbocycles. The maximum absolute atomic E-state index is 11.4. The summed E-state index contributed by atoms with van der Waals surface area (Å²) in [4.78, 5) is 11.4. The highest BCUT2D eigenvalue weighted by Gasteiger charge is 2.28. The van der Waals surface area contributed by atoms with Crippen LogP contribution < -0.4 is 5.73 Å². The Labute approximate surface area is 95.6 Å². The fourth-order valence-corrected chi connectivity index (χ4v) is 1.57. The molecule has 0 radical (unpaired) electrons. The first-order chi connectivity index (χ1) is 7.27. The van der Waals surface area contributed by atoms with E-state index in [2.05, 4.69) is 9.84 Å². The number of nitrogens with zero attached hydrogens (tertiary/aromatic N) is 2. The summed E-state index contributed by atoms with van der Waals surface area (Å²) in [6.07, 6.45) is 1.77. The Hall–Kier alpha value is -1.36. The van der Waals surface area contributed by atoms with Gasteiger partial charge in [0.25, 0.3) is 0 Å². The molecule has 0 aliphatic heterocycles. The van der Waals surface area contributed by atoms with Gasteiger partial charge in [-0.2, -0.15) is 5.10 Å². The van der Waals surface area contributed by atoms with Gasteiger partial charge in [0, 0.05) is 24.2 Å². The Kier molecular flexibility index (Phi) is 3.38. The molecular formula is C11H19N3O2. The second kappa shape index (κ2) is 4.25. The van der Waals surface area contributed by atoms with Crippen molar-refractivity contribution in [3.05, 3.63) is 17.5 Å². The van der Waals surface area contributed by atoms with Gasteiger partial charge in [-0.1, -0.05) is 20.8 Å². The van der Waals surface area contributed by atoms with Crippen LogP contribution in [0.1, 0.15) is 38.1 Å². The van der Waals surface area contributed by atoms with E-state index in [4.69, 9.17) is 5.73 Å². The summed E-state index contributed by atoms with van der Waals surface area (Å²) in [6.45, 7) is 6.09. The van der Waals surface area contributed by atoms with E-state index in [1.165, 1.54) is 7.11 Å². The second-order valence-corrected chi connectivity index (χ2v) is 4.86. The van der Waals surface area contributed by atoms with Crippen LogP contribution in [0.25, 0.3) is 0 Å². The molecule has 1 aromatic heterocycles. The SMILES string of the molecule is COC(=O)C(N)c1cn(C)nc1C(C)(C)C. The number of aryl methyl sites for hydroxylation is 1. The van der Waals surface area contributed by atoms with Crippen molar-refractivity contribution in [2.75, 3.05) is 7.11 Å². The minimum Gasteiger partial charge on any atom is -0.468 e. The summed E-state index contributed by atoms with van der Waals surface area (Å²) >= 11 is 0. The first-order valence-corrected chi connectivity index (χ1v) is 5.14. The van der Waals surface area contributed by atoms with Crippen LogP contribution in [-0.4, -0.2) is 22.9 Å². The number of rotatable bonds is 2. The lowest BCUT2D eigenvalue weighted by Crippen LogP contribution is -2.26. The quantitative estimate of drug-likeness (QED) is 0.759. The van der Waals surface area contributed by atoms with Gasteiger partial charge < -0.3 is 10.5 Å². The van der Waals surface area contributed by atoms with Crippen molar-refractivity contribution in [1.29, 1.82) is 0 Å². The molecule has 0 aliphatic rings. The number of nitrogens with two attached hydrogens (primary N) is 1. The van der Waals surface area contributed by atoms with Gasteiger partial charge in [0.05, 0.1) is 12.8 Å². The van der Waals surface area contributed by atoms with Crippen LogP contribution in [0.3, 0.4) is 0 Å². The molecule has 5 nitrogen and oxygen atoms in total. The van der Waals surface area contributed by atoms with Crippen molar-refractivity contribution >= 4 is 5.97 Å². The van der Waals surface area contributed by atoms with E-state index >= 15 is 0 Å². The molecule has 1 rings (SSSR count). The summed E-state index contributed by atoms with van der Waals surface area (Å²) in [7, 11) is 3.14. The Morgan fingerprint density at radius 2 is 2.12 bits per heavy atom. The zero-order valence-corrected chi connectivity index (χ0v) is 10.4. The van der Waals surface area contributed by atoms with E-state index in [9.17, 15) is 4.79 Å². The summed E-state index contributed by atoms with van der Waals surface area (Å²) in [6, 6.07) is -0.770. The molecular weight excluding hydrogens is 206 g/mol. The van der Waals surface area contributed by atoms with Crippen LogP contribution in [0.4, 0.5) is 0 Å². The Morgan fingerprint density at radius 3 is 2.56 bits per heavy atom. The van der Waals surface area contributed by atoms with E-state index < -0.39 is 12.0 Å². The number of ether oxygens (including phenoxy) is 1. The van der Waals surface area contributed by atoms with E-state index in [1.807, 2.05) is 27.8 Å². The number of carbonyl (C=O) groups is 1. The maximum Gasteiger partial charge on any atom is 0.327 e. The molecule has 1 unspecified atom stereocenters. The number of aromatic nitrogens is 2. The number of hydrogen-bond acceptors (Lipinski definition) is 4. The van der Waals surface area contributed by atoms with Gasteiger partial charge >= 0.3 is 5.97 Å². The summed E-state index contributed by atoms with van der Waals surface area (Å²) in [5.74, 6) is -0.446. The van der Waals surface area contributed by atoms with Crippen molar-refractivity contribution in [1.82, 2.24) is 9.78 Å². The first-order valence-electron chi connectivity index (χ1n) is 5.14. The normalized spacial score (nSPS) is 13.6. The van der Waals surface area contributed by atoms with Gasteiger partial charge in [-0.25, -0.2) is 0 Å². The minimum absolute atomic E-state index is 0.151. The summed E-state index contributed by atoms with van der Waals surface area (Å²) < 4.78 is 6.31. The van der Waals surface area contributed by atoms with Gasteiger partial charge in [0.1, 0.15) is 6.04 Å². The molecule has 0 aromatic carbocycles. The van der Waals surface area contributed by atoms with Crippen molar-refractivity contribution in [3.63, 3.8) is 0 Å². The van der Waals surface area contributed by atoms with Crippen LogP contribution in [0.2, 0.25) is 0 Å². The third-order valence-electron chi connectivity index (χ3n) is 2.36. The van der Waals surface area contributed by atoms with E-state index in [0.717, 1.165) is 11.3 Å². The monoisotopic (exact) mass is 225 g/mol. The smallest absolute Gasteiger partial charge is 0.327 e. The highest BCUT2D eigenvalue weighted by Crippen LogP contribution is 2.27. The molecule has 2 N–H and O–H groups in total. The average molecular weight is 225 g/mol. The van der Waals surface area contributed by atoms with E-state index in [-0.39, 0.29) is 5.41 Å². The van der Waals surface area contributed by atoms with Crippen molar-refractivity contribution in [2.45, 2.75) is 32.2 Å². The van der Waals surface area contributed by atoms with Gasteiger partial charge in [-0.15, -0.1) is 0 Å². The maximum atomic E-state index is 11.4. The summed E-state index contributed by atoms with van der Waals surface area (Å²) in [5, 5.41) is 4.35. The first kappa shape index (κ1) is 12.7. The highest BCUT2D eigenvalue weighted by molar-refractivity contribution is 5.77. The van der Waals surface area contributed by atoms with Crippen LogP contribution in [0.5, 0.6) is 0 Å². The Morgan fingerprint density at radius 1 is 1.56 bits per heavy atom. The largest absolute Gasteiger partial charge is 0.468 e. The molecule has 1 aromatic rings. The Balaban J connectivity index is 3.18. The molecule has 0 fully saturated rings. The number of carbonyl (C=O) groups excluding carboxylic acids is 1. The van der Waals surface area contributed by atoms with E-state index in [0.29, 0.717) is 0 Å². The number of hydrogen-bond donors (Lipinski definition) is 1. The zero-order chi connectivity index (χ0) is 12.5. The number of methoxy groups -OCH3 is 1. The molecule has 5 heteroatoms. The second-order valence-electron chi connectivity index (χ2n) is 4.86. The van der Waals surface area contributed by atoms with Crippen molar-refractivity contribution in [2.24, 2.45) is 12.8 Å². The average Bonchev–Trinajstić information content (AvgIpc) is 2.57. The van der Waals surface area contributed by atoms with Crippen LogP contribution in [0.15, 0.2) is 6.20 Å². The lowest BCUT2D eigenvalue weighted by atomic mass is 9.88. The standard InChI is InChI=1S/C11H19N3O2/c1-11(2,3)9-7(6-14(4)13-9)8(12)10(15)16-5/h6,8H,12H2,1-5H3. The molecule has 0 bridgehead atoms. The number of esters is 1. The topological polar surface area (TPSA) is 70.1 Å². The molecule has 90 valence electrons. The molecule has 0 saturated heterocycles. The lowest BCUT2D eigenvalue weighted by Gasteiger charge is -2.19. The van der Waals surface area contributed by atoms with E-state index in [1.54, 1.807) is 10.9 Å². The van der Waals surface area contributed by atoms with Crippen LogP contribution in [-0.2, 0) is 22.0 Å². The Bertz CT molecular complexity index is 390. The highest BCUT2D eigenvalue weighted by atomic mass is 16.5. The van der Waals surface area contributed by atoms with Crippen LogP contribution in [0, 0.1) is 0 Å². The molecule has 1 atom stereocenters. The van der Waals surface area contributed by atoms with Gasteiger partial charge in [-0.3, -0.25) is 9.48 Å². The lowest BCUT2D eigenvalue weighted by molar-refractivity contribution is -0.142. The molecule has 0 amide bonds. The predicted octanol–water partition coefficient (Wildman–Crippen LogP) is 0.890. The van der Waals surface area contributed by atoms with Crippen molar-refractivity contribution < 1.29 is 9.53 Å². The molecule has 16 heavy (non-hydrogen) atoms. The van der Waals surface area contributed by atoms with Gasteiger partial charge in [0.2, 0.25) is 0 Å². The minimum atomic E-state index is -0.770. The van der Waals surface area contributed by atoms with Gasteiger partial charge in [0.15, 0.2) is 0 Å². The molecule has 1 heterocycles. The van der Waals surface area contributed by atoms with Gasteiger partial charge in [-0.05, 0) is 0 Å².